The van der Waals surface area contributed by atoms with E-state index in [0.717, 1.165) is 5.69 Å². The van der Waals surface area contributed by atoms with E-state index >= 15 is 0 Å². The quantitative estimate of drug-likeness (QED) is 0.749. The summed E-state index contributed by atoms with van der Waals surface area (Å²) in [5.41, 5.74) is 0.844. The highest BCUT2D eigenvalue weighted by molar-refractivity contribution is 6.31. The molecule has 0 saturated carbocycles. The highest BCUT2D eigenvalue weighted by Crippen LogP contribution is 2.19. The average Bonchev–Trinajstić information content (AvgIpc) is 1.96. The summed E-state index contributed by atoms with van der Waals surface area (Å²) in [5, 5.41) is 3.28. The molecule has 66 valence electrons. The van der Waals surface area contributed by atoms with Crippen LogP contribution in [0.3, 0.4) is 0 Å². The predicted molar refractivity (Wildman–Crippen MR) is 50.2 cm³/mol. The van der Waals surface area contributed by atoms with E-state index in [-0.39, 0.29) is 10.8 Å². The van der Waals surface area contributed by atoms with Gasteiger partial charge in [-0.15, -0.1) is 0 Å². The third-order valence-electron chi connectivity index (χ3n) is 1.37. The molecule has 1 nitrogen and oxygen atoms in total. The van der Waals surface area contributed by atoms with Crippen molar-refractivity contribution >= 4 is 17.3 Å². The molecule has 0 fully saturated rings. The first-order valence-corrected chi connectivity index (χ1v) is 4.19. The van der Waals surface area contributed by atoms with Gasteiger partial charge >= 0.3 is 0 Å². The molecule has 0 unspecified atom stereocenters. The topological polar surface area (TPSA) is 12.0 Å². The lowest BCUT2D eigenvalue weighted by Crippen LogP contribution is -2.09. The van der Waals surface area contributed by atoms with Gasteiger partial charge in [-0.3, -0.25) is 0 Å². The SMILES string of the molecule is CC(C)Nc1ccc(F)c(Cl)c1. The molecule has 0 aliphatic carbocycles. The van der Waals surface area contributed by atoms with E-state index in [1.165, 1.54) is 6.07 Å². The molecule has 0 aliphatic rings. The molecule has 1 N–H and O–H groups in total. The van der Waals surface area contributed by atoms with Crippen LogP contribution in [0.4, 0.5) is 10.1 Å². The van der Waals surface area contributed by atoms with Gasteiger partial charge < -0.3 is 5.32 Å². The Morgan fingerprint density at radius 3 is 2.58 bits per heavy atom. The summed E-state index contributed by atoms with van der Waals surface area (Å²) in [6.07, 6.45) is 0. The molecular weight excluding hydrogens is 177 g/mol. The van der Waals surface area contributed by atoms with Gasteiger partial charge in [0.2, 0.25) is 0 Å². The molecule has 0 radical (unpaired) electrons. The molecule has 0 amide bonds. The van der Waals surface area contributed by atoms with Crippen molar-refractivity contribution in [1.82, 2.24) is 0 Å². The summed E-state index contributed by atoms with van der Waals surface area (Å²) in [7, 11) is 0. The van der Waals surface area contributed by atoms with Crippen LogP contribution in [0.1, 0.15) is 13.8 Å². The van der Waals surface area contributed by atoms with Gasteiger partial charge in [-0.05, 0) is 32.0 Å². The zero-order valence-corrected chi connectivity index (χ0v) is 7.82. The van der Waals surface area contributed by atoms with E-state index in [1.54, 1.807) is 12.1 Å². The van der Waals surface area contributed by atoms with Gasteiger partial charge in [-0.25, -0.2) is 4.39 Å². The molecule has 0 atom stereocenters. The van der Waals surface area contributed by atoms with Crippen molar-refractivity contribution in [2.75, 3.05) is 5.32 Å². The monoisotopic (exact) mass is 187 g/mol. The summed E-state index contributed by atoms with van der Waals surface area (Å²) in [6.45, 7) is 4.02. The molecule has 1 aromatic carbocycles. The molecule has 0 heterocycles. The van der Waals surface area contributed by atoms with Gasteiger partial charge in [-0.1, -0.05) is 11.6 Å². The lowest BCUT2D eigenvalue weighted by molar-refractivity contribution is 0.628. The van der Waals surface area contributed by atoms with Crippen LogP contribution in [-0.4, -0.2) is 6.04 Å². The van der Waals surface area contributed by atoms with E-state index in [0.29, 0.717) is 6.04 Å². The molecule has 12 heavy (non-hydrogen) atoms. The standard InChI is InChI=1S/C9H11ClFN/c1-6(2)12-7-3-4-9(11)8(10)5-7/h3-6,12H,1-2H3. The molecule has 0 saturated heterocycles. The van der Waals surface area contributed by atoms with E-state index in [1.807, 2.05) is 13.8 Å². The Balaban J connectivity index is 2.82. The van der Waals surface area contributed by atoms with Gasteiger partial charge in [0.05, 0.1) is 5.02 Å². The van der Waals surface area contributed by atoms with Gasteiger partial charge in [0.1, 0.15) is 5.82 Å². The number of anilines is 1. The first-order valence-electron chi connectivity index (χ1n) is 3.81. The van der Waals surface area contributed by atoms with Gasteiger partial charge in [0, 0.05) is 11.7 Å². The average molecular weight is 188 g/mol. The Hall–Kier alpha value is -0.760. The summed E-state index contributed by atoms with van der Waals surface area (Å²) in [4.78, 5) is 0. The maximum absolute atomic E-state index is 12.7. The van der Waals surface area contributed by atoms with E-state index in [4.69, 9.17) is 11.6 Å². The predicted octanol–water partition coefficient (Wildman–Crippen LogP) is 3.30. The Kier molecular flexibility index (Phi) is 2.93. The van der Waals surface area contributed by atoms with Gasteiger partial charge in [0.25, 0.3) is 0 Å². The first-order chi connectivity index (χ1) is 5.59. The second kappa shape index (κ2) is 3.76. The molecule has 3 heteroatoms. The smallest absolute Gasteiger partial charge is 0.141 e. The minimum Gasteiger partial charge on any atom is -0.383 e. The lowest BCUT2D eigenvalue weighted by Gasteiger charge is -2.09. The number of hydrogen-bond acceptors (Lipinski definition) is 1. The number of hydrogen-bond donors (Lipinski definition) is 1. The Bertz CT molecular complexity index is 273. The van der Waals surface area contributed by atoms with Crippen molar-refractivity contribution in [2.45, 2.75) is 19.9 Å². The highest BCUT2D eigenvalue weighted by atomic mass is 35.5. The zero-order valence-electron chi connectivity index (χ0n) is 7.07. The van der Waals surface area contributed by atoms with E-state index in [2.05, 4.69) is 5.32 Å². The van der Waals surface area contributed by atoms with Crippen molar-refractivity contribution in [3.8, 4) is 0 Å². The van der Waals surface area contributed by atoms with Crippen molar-refractivity contribution in [1.29, 1.82) is 0 Å². The van der Waals surface area contributed by atoms with Gasteiger partial charge in [-0.2, -0.15) is 0 Å². The third-order valence-corrected chi connectivity index (χ3v) is 1.66. The number of rotatable bonds is 2. The van der Waals surface area contributed by atoms with Crippen molar-refractivity contribution in [2.24, 2.45) is 0 Å². The zero-order chi connectivity index (χ0) is 9.14. The van der Waals surface area contributed by atoms with Crippen LogP contribution in [0.25, 0.3) is 0 Å². The Morgan fingerprint density at radius 2 is 2.08 bits per heavy atom. The van der Waals surface area contributed by atoms with Crippen LogP contribution >= 0.6 is 11.6 Å². The second-order valence-corrected chi connectivity index (χ2v) is 3.34. The molecular formula is C9H11ClFN. The normalized spacial score (nSPS) is 10.4. The second-order valence-electron chi connectivity index (χ2n) is 2.93. The largest absolute Gasteiger partial charge is 0.383 e. The van der Waals surface area contributed by atoms with Crippen LogP contribution in [0.15, 0.2) is 18.2 Å². The molecule has 0 aromatic heterocycles. The van der Waals surface area contributed by atoms with Crippen molar-refractivity contribution in [3.63, 3.8) is 0 Å². The Labute approximate surface area is 76.5 Å². The van der Waals surface area contributed by atoms with Crippen LogP contribution in [0.5, 0.6) is 0 Å². The molecule has 1 rings (SSSR count). The highest BCUT2D eigenvalue weighted by Gasteiger charge is 2.00. The lowest BCUT2D eigenvalue weighted by atomic mass is 10.3. The van der Waals surface area contributed by atoms with E-state index < -0.39 is 0 Å². The summed E-state index contributed by atoms with van der Waals surface area (Å²) in [6, 6.07) is 4.93. The third kappa shape index (κ3) is 2.38. The molecule has 0 spiro atoms. The number of nitrogens with one attached hydrogen (secondary N) is 1. The fourth-order valence-electron chi connectivity index (χ4n) is 0.919. The summed E-state index contributed by atoms with van der Waals surface area (Å²) >= 11 is 5.58. The molecule has 0 aliphatic heterocycles. The fourth-order valence-corrected chi connectivity index (χ4v) is 1.10. The maximum atomic E-state index is 12.7. The number of benzene rings is 1. The first kappa shape index (κ1) is 9.33. The van der Waals surface area contributed by atoms with Crippen LogP contribution in [0.2, 0.25) is 5.02 Å². The van der Waals surface area contributed by atoms with Gasteiger partial charge in [0.15, 0.2) is 0 Å². The maximum Gasteiger partial charge on any atom is 0.141 e. The fraction of sp³-hybridized carbons (Fsp3) is 0.333. The van der Waals surface area contributed by atoms with Crippen LogP contribution in [-0.2, 0) is 0 Å². The minimum atomic E-state index is -0.383. The van der Waals surface area contributed by atoms with Crippen LogP contribution < -0.4 is 5.32 Å². The van der Waals surface area contributed by atoms with E-state index in [9.17, 15) is 4.39 Å². The van der Waals surface area contributed by atoms with Crippen molar-refractivity contribution in [3.05, 3.63) is 29.0 Å². The Morgan fingerprint density at radius 1 is 1.42 bits per heavy atom. The summed E-state index contributed by atoms with van der Waals surface area (Å²) < 4.78 is 12.7. The molecule has 1 aromatic rings. The van der Waals surface area contributed by atoms with Crippen molar-refractivity contribution < 1.29 is 4.39 Å². The minimum absolute atomic E-state index is 0.153. The summed E-state index contributed by atoms with van der Waals surface area (Å²) in [5.74, 6) is -0.383. The van der Waals surface area contributed by atoms with Crippen LogP contribution in [0, 0.1) is 5.82 Å². The number of halogens is 2. The molecule has 0 bridgehead atoms.